The number of fused-ring (bicyclic) bond motifs is 2. The molecule has 2 nitrogen and oxygen atoms in total. The summed E-state index contributed by atoms with van der Waals surface area (Å²) in [6.45, 7) is 4.59. The topological polar surface area (TPSA) is 25.8 Å². The number of aryl methyl sites for hydroxylation is 2. The van der Waals surface area contributed by atoms with E-state index in [0.29, 0.717) is 0 Å². The van der Waals surface area contributed by atoms with Crippen molar-refractivity contribution in [3.8, 4) is 30.6 Å². The molecule has 0 bridgehead atoms. The lowest BCUT2D eigenvalue weighted by Crippen LogP contribution is -1.87. The van der Waals surface area contributed by atoms with Crippen LogP contribution in [0.3, 0.4) is 0 Å². The smallest absolute Gasteiger partial charge is 0.114 e. The van der Waals surface area contributed by atoms with E-state index in [1.807, 2.05) is 34.0 Å². The van der Waals surface area contributed by atoms with Crippen molar-refractivity contribution >= 4 is 66.9 Å². The lowest BCUT2D eigenvalue weighted by atomic mass is 10.0. The molecule has 0 N–H and O–H groups in total. The highest BCUT2D eigenvalue weighted by molar-refractivity contribution is 7.27. The number of hydrogen-bond donors (Lipinski definition) is 0. The Balaban J connectivity index is 1.17. The average molecular weight is 713 g/mol. The molecule has 0 saturated heterocycles. The highest BCUT2D eigenvalue weighted by Crippen LogP contribution is 2.46. The number of unbranched alkanes of at least 4 members (excludes halogenated alkanes) is 14. The molecule has 0 aliphatic heterocycles. The van der Waals surface area contributed by atoms with E-state index in [1.54, 1.807) is 0 Å². The predicted octanol–water partition coefficient (Wildman–Crippen LogP) is 15.4. The minimum Gasteiger partial charge on any atom is -0.172 e. The van der Waals surface area contributed by atoms with Crippen LogP contribution in [0.25, 0.3) is 51.8 Å². The van der Waals surface area contributed by atoms with Gasteiger partial charge in [0.15, 0.2) is 0 Å². The van der Waals surface area contributed by atoms with Crippen LogP contribution < -0.4 is 0 Å². The third-order valence-corrected chi connectivity index (χ3v) is 13.7. The zero-order chi connectivity index (χ0) is 33.0. The van der Waals surface area contributed by atoms with E-state index in [9.17, 15) is 0 Å². The summed E-state index contributed by atoms with van der Waals surface area (Å²) in [5, 5.41) is 3.71. The molecule has 0 unspecified atom stereocenters. The molecule has 0 fully saturated rings. The fraction of sp³-hybridized carbons (Fsp3) is 0.476. The molecule has 0 amide bonds. The van der Waals surface area contributed by atoms with E-state index >= 15 is 0 Å². The van der Waals surface area contributed by atoms with Crippen LogP contribution in [0.2, 0.25) is 0 Å². The van der Waals surface area contributed by atoms with Crippen molar-refractivity contribution in [1.82, 2.24) is 8.75 Å². The molecular weight excluding hydrogens is 661 g/mol. The van der Waals surface area contributed by atoms with Crippen molar-refractivity contribution < 1.29 is 0 Å². The van der Waals surface area contributed by atoms with E-state index in [4.69, 9.17) is 8.75 Å². The van der Waals surface area contributed by atoms with Crippen molar-refractivity contribution in [3.05, 3.63) is 71.1 Å². The van der Waals surface area contributed by atoms with E-state index in [0.717, 1.165) is 17.5 Å². The highest BCUT2D eigenvalue weighted by Gasteiger charge is 2.19. The number of aromatic nitrogens is 2. The van der Waals surface area contributed by atoms with Crippen LogP contribution in [0.1, 0.15) is 128 Å². The fourth-order valence-electron chi connectivity index (χ4n) is 6.87. The van der Waals surface area contributed by atoms with Gasteiger partial charge in [0.25, 0.3) is 0 Å². The second kappa shape index (κ2) is 18.6. The van der Waals surface area contributed by atoms with Gasteiger partial charge in [0.05, 0.1) is 11.7 Å². The molecule has 0 aliphatic carbocycles. The first-order valence-corrected chi connectivity index (χ1v) is 21.9. The van der Waals surface area contributed by atoms with Crippen molar-refractivity contribution in [2.24, 2.45) is 0 Å². The SMILES string of the molecule is CCCCCCCCCCc1csc(-c2ccc(-c3cc(CCCCCCCCCC)c(-c4cc5ccccc5s4)s3)c3nsnc23)c1. The molecule has 2 aromatic carbocycles. The quantitative estimate of drug-likeness (QED) is 0.0694. The monoisotopic (exact) mass is 712 g/mol. The third-order valence-electron chi connectivity index (χ3n) is 9.68. The molecule has 0 radical (unpaired) electrons. The lowest BCUT2D eigenvalue weighted by molar-refractivity contribution is 0.576. The third kappa shape index (κ3) is 9.24. The fourth-order valence-corrected chi connectivity index (χ4v) is 10.9. The Labute approximate surface area is 305 Å². The number of thiophene rings is 3. The molecule has 4 heterocycles. The van der Waals surface area contributed by atoms with Crippen molar-refractivity contribution in [2.45, 2.75) is 129 Å². The first-order chi connectivity index (χ1) is 23.7. The van der Waals surface area contributed by atoms with Gasteiger partial charge in [0.1, 0.15) is 11.0 Å². The Morgan fingerprint density at radius 1 is 0.542 bits per heavy atom. The van der Waals surface area contributed by atoms with E-state index < -0.39 is 0 Å². The first-order valence-electron chi connectivity index (χ1n) is 18.7. The van der Waals surface area contributed by atoms with Crippen molar-refractivity contribution in [1.29, 1.82) is 0 Å². The summed E-state index contributed by atoms with van der Waals surface area (Å²) in [4.78, 5) is 5.48. The van der Waals surface area contributed by atoms with E-state index in [1.165, 1.54) is 173 Å². The van der Waals surface area contributed by atoms with Gasteiger partial charge < -0.3 is 0 Å². The summed E-state index contributed by atoms with van der Waals surface area (Å²) in [5.74, 6) is 0. The van der Waals surface area contributed by atoms with Crippen LogP contribution in [-0.4, -0.2) is 8.75 Å². The molecule has 6 rings (SSSR count). The van der Waals surface area contributed by atoms with Crippen molar-refractivity contribution in [2.75, 3.05) is 0 Å². The van der Waals surface area contributed by atoms with Gasteiger partial charge in [-0.15, -0.1) is 34.0 Å². The number of hydrogen-bond acceptors (Lipinski definition) is 6. The second-order valence-electron chi connectivity index (χ2n) is 13.5. The largest absolute Gasteiger partial charge is 0.172 e. The van der Waals surface area contributed by atoms with Gasteiger partial charge in [0.2, 0.25) is 0 Å². The van der Waals surface area contributed by atoms with Crippen LogP contribution in [0, 0.1) is 0 Å². The molecule has 4 aromatic heterocycles. The molecule has 0 spiro atoms. The second-order valence-corrected chi connectivity index (χ2v) is 17.1. The van der Waals surface area contributed by atoms with Crippen LogP contribution >= 0.6 is 45.7 Å². The van der Waals surface area contributed by atoms with Gasteiger partial charge in [-0.1, -0.05) is 134 Å². The number of benzene rings is 2. The minimum atomic E-state index is 1.05. The Hall–Kier alpha value is -2.38. The number of nitrogens with zero attached hydrogens (tertiary/aromatic N) is 2. The number of rotatable bonds is 21. The first kappa shape index (κ1) is 35.4. The van der Waals surface area contributed by atoms with Crippen LogP contribution in [0.15, 0.2) is 60.0 Å². The van der Waals surface area contributed by atoms with Gasteiger partial charge in [-0.3, -0.25) is 0 Å². The summed E-state index contributed by atoms with van der Waals surface area (Å²) in [6, 6.07) is 20.7. The summed E-state index contributed by atoms with van der Waals surface area (Å²) < 4.78 is 11.1. The predicted molar refractivity (Wildman–Crippen MR) is 217 cm³/mol. The van der Waals surface area contributed by atoms with Gasteiger partial charge in [-0.25, -0.2) is 0 Å². The minimum absolute atomic E-state index is 1.05. The molecule has 0 saturated carbocycles. The summed E-state index contributed by atoms with van der Waals surface area (Å²) in [7, 11) is 0. The van der Waals surface area contributed by atoms with Gasteiger partial charge >= 0.3 is 0 Å². The van der Waals surface area contributed by atoms with E-state index in [2.05, 4.69) is 73.8 Å². The molecule has 6 heteroatoms. The zero-order valence-corrected chi connectivity index (χ0v) is 32.3. The van der Waals surface area contributed by atoms with Crippen molar-refractivity contribution in [3.63, 3.8) is 0 Å². The molecule has 254 valence electrons. The molecule has 0 atom stereocenters. The zero-order valence-electron chi connectivity index (χ0n) is 29.0. The maximum Gasteiger partial charge on any atom is 0.114 e. The highest BCUT2D eigenvalue weighted by atomic mass is 32.1. The average Bonchev–Trinajstić information content (AvgIpc) is 3.93. The van der Waals surface area contributed by atoms with Gasteiger partial charge in [-0.2, -0.15) is 8.75 Å². The summed E-state index contributed by atoms with van der Waals surface area (Å²) >= 11 is 7.10. The Bertz CT molecular complexity index is 1800. The molecule has 0 aliphatic rings. The van der Waals surface area contributed by atoms with E-state index in [-0.39, 0.29) is 0 Å². The normalized spacial score (nSPS) is 11.8. The maximum absolute atomic E-state index is 4.89. The van der Waals surface area contributed by atoms with Gasteiger partial charge in [0, 0.05) is 35.3 Å². The molecule has 6 aromatic rings. The Morgan fingerprint density at radius 3 is 1.81 bits per heavy atom. The summed E-state index contributed by atoms with van der Waals surface area (Å²) in [5.41, 5.74) is 7.54. The standard InChI is InChI=1S/C42H52N2S4/c1-3-5-7-9-11-13-15-17-21-31-27-37(45-30-31)34-25-26-35(41-40(34)43-48-44-41)38-29-33(23-18-16-14-12-10-8-6-4-2)42(47-38)39-28-32-22-19-20-24-36(32)46-39/h19-20,22,24-30H,3-18,21,23H2,1-2H3. The van der Waals surface area contributed by atoms with Crippen LogP contribution in [0.4, 0.5) is 0 Å². The van der Waals surface area contributed by atoms with Gasteiger partial charge in [-0.05, 0) is 71.8 Å². The maximum atomic E-state index is 4.89. The van der Waals surface area contributed by atoms with Crippen LogP contribution in [-0.2, 0) is 12.8 Å². The molecule has 48 heavy (non-hydrogen) atoms. The van der Waals surface area contributed by atoms with Crippen LogP contribution in [0.5, 0.6) is 0 Å². The lowest BCUT2D eigenvalue weighted by Gasteiger charge is -2.04. The Kier molecular flexibility index (Phi) is 13.7. The summed E-state index contributed by atoms with van der Waals surface area (Å²) in [6.07, 6.45) is 24.1. The Morgan fingerprint density at radius 2 is 1.15 bits per heavy atom. The molecular formula is C42H52N2S4.